The molecule has 0 bridgehead atoms. The molecule has 0 aliphatic rings. The maximum Gasteiger partial charge on any atom is 0.160 e. The minimum atomic E-state index is -0.0452. The lowest BCUT2D eigenvalue weighted by molar-refractivity contribution is 0.397. The summed E-state index contributed by atoms with van der Waals surface area (Å²) in [6.07, 6.45) is 0. The first-order valence-corrected chi connectivity index (χ1v) is 3.63. The Morgan fingerprint density at radius 3 is 2.27 bits per heavy atom. The van der Waals surface area contributed by atoms with Crippen molar-refractivity contribution in [2.75, 3.05) is 0 Å². The Hall–Kier alpha value is -1.18. The van der Waals surface area contributed by atoms with E-state index in [4.69, 9.17) is 5.11 Å². The van der Waals surface area contributed by atoms with Gasteiger partial charge >= 0.3 is 0 Å². The highest BCUT2D eigenvalue weighted by Gasteiger charge is 2.07. The highest BCUT2D eigenvalue weighted by molar-refractivity contribution is 5.45. The van der Waals surface area contributed by atoms with Crippen LogP contribution in [0.5, 0.6) is 11.5 Å². The Bertz CT molecular complexity index is 254. The van der Waals surface area contributed by atoms with Crippen LogP contribution in [0.3, 0.4) is 0 Å². The molecule has 2 heteroatoms. The second-order valence-corrected chi connectivity index (χ2v) is 2.87. The van der Waals surface area contributed by atoms with Crippen molar-refractivity contribution >= 4 is 0 Å². The summed E-state index contributed by atoms with van der Waals surface area (Å²) >= 11 is 0. The molecule has 0 spiro atoms. The van der Waals surface area contributed by atoms with Gasteiger partial charge in [-0.15, -0.1) is 0 Å². The molecule has 60 valence electrons. The Kier molecular flexibility index (Phi) is 2.03. The Morgan fingerprint density at radius 2 is 1.82 bits per heavy atom. The van der Waals surface area contributed by atoms with Crippen molar-refractivity contribution in [3.8, 4) is 11.5 Å². The number of aromatic hydroxyl groups is 2. The van der Waals surface area contributed by atoms with Crippen LogP contribution in [-0.4, -0.2) is 10.2 Å². The summed E-state index contributed by atoms with van der Waals surface area (Å²) in [4.78, 5) is 0. The number of hydrogen-bond donors (Lipinski definition) is 2. The largest absolute Gasteiger partial charge is 0.504 e. The maximum absolute atomic E-state index is 9.32. The molecule has 0 saturated heterocycles. The van der Waals surface area contributed by atoms with Gasteiger partial charge in [-0.2, -0.15) is 0 Å². The third-order valence-electron chi connectivity index (χ3n) is 1.67. The third-order valence-corrected chi connectivity index (χ3v) is 1.67. The van der Waals surface area contributed by atoms with E-state index in [-0.39, 0.29) is 17.4 Å². The maximum atomic E-state index is 9.32. The molecule has 0 amide bonds. The van der Waals surface area contributed by atoms with E-state index in [9.17, 15) is 5.11 Å². The first-order chi connectivity index (χ1) is 5.13. The van der Waals surface area contributed by atoms with E-state index in [1.165, 1.54) is 6.07 Å². The number of rotatable bonds is 1. The van der Waals surface area contributed by atoms with Gasteiger partial charge in [-0.3, -0.25) is 0 Å². The molecule has 0 radical (unpaired) electrons. The fraction of sp³-hybridized carbons (Fsp3) is 0.333. The molecular formula is C9H12O2. The second kappa shape index (κ2) is 2.82. The number of hydrogen-bond acceptors (Lipinski definition) is 2. The Balaban J connectivity index is 3.17. The van der Waals surface area contributed by atoms with E-state index < -0.39 is 0 Å². The summed E-state index contributed by atoms with van der Waals surface area (Å²) in [7, 11) is 0. The molecule has 0 aromatic heterocycles. The monoisotopic (exact) mass is 152 g/mol. The standard InChI is InChI=1S/C9H12O2/c1-6(2)7-4-3-5-8(10)9(7)11/h3-6,10-11H,1-2H3. The van der Waals surface area contributed by atoms with Crippen molar-refractivity contribution in [2.24, 2.45) is 0 Å². The molecule has 2 N–H and O–H groups in total. The number of phenolic OH excluding ortho intramolecular Hbond substituents is 2. The van der Waals surface area contributed by atoms with Crippen LogP contribution in [-0.2, 0) is 0 Å². The highest BCUT2D eigenvalue weighted by atomic mass is 16.3. The zero-order valence-corrected chi connectivity index (χ0v) is 6.70. The first-order valence-electron chi connectivity index (χ1n) is 3.63. The lowest BCUT2D eigenvalue weighted by atomic mass is 10.0. The summed E-state index contributed by atoms with van der Waals surface area (Å²) < 4.78 is 0. The smallest absolute Gasteiger partial charge is 0.160 e. The van der Waals surface area contributed by atoms with Crippen LogP contribution in [0, 0.1) is 0 Å². The van der Waals surface area contributed by atoms with Crippen LogP contribution in [0.2, 0.25) is 0 Å². The lowest BCUT2D eigenvalue weighted by Crippen LogP contribution is -1.86. The van der Waals surface area contributed by atoms with E-state index in [1.54, 1.807) is 12.1 Å². The third kappa shape index (κ3) is 1.45. The zero-order valence-electron chi connectivity index (χ0n) is 6.70. The van der Waals surface area contributed by atoms with Gasteiger partial charge in [0.1, 0.15) is 0 Å². The van der Waals surface area contributed by atoms with E-state index in [2.05, 4.69) is 0 Å². The van der Waals surface area contributed by atoms with Crippen LogP contribution >= 0.6 is 0 Å². The van der Waals surface area contributed by atoms with Crippen molar-refractivity contribution in [3.05, 3.63) is 23.8 Å². The molecule has 0 saturated carbocycles. The van der Waals surface area contributed by atoms with Gasteiger partial charge in [-0.1, -0.05) is 26.0 Å². The lowest BCUT2D eigenvalue weighted by Gasteiger charge is -2.08. The summed E-state index contributed by atoms with van der Waals surface area (Å²) in [6, 6.07) is 5.01. The van der Waals surface area contributed by atoms with E-state index in [0.717, 1.165) is 5.56 Å². The molecule has 0 aliphatic heterocycles. The molecule has 0 aliphatic carbocycles. The van der Waals surface area contributed by atoms with Gasteiger partial charge in [0.2, 0.25) is 0 Å². The van der Waals surface area contributed by atoms with Gasteiger partial charge in [0, 0.05) is 5.56 Å². The molecule has 0 heterocycles. The van der Waals surface area contributed by atoms with Crippen LogP contribution in [0.15, 0.2) is 18.2 Å². The first kappa shape index (κ1) is 7.92. The number of benzene rings is 1. The quantitative estimate of drug-likeness (QED) is 0.606. The Labute approximate surface area is 66.1 Å². The minimum Gasteiger partial charge on any atom is -0.504 e. The van der Waals surface area contributed by atoms with Crippen molar-refractivity contribution in [2.45, 2.75) is 19.8 Å². The molecule has 0 unspecified atom stereocenters. The summed E-state index contributed by atoms with van der Waals surface area (Å²) in [5, 5.41) is 18.4. The van der Waals surface area contributed by atoms with Gasteiger partial charge in [0.25, 0.3) is 0 Å². The van der Waals surface area contributed by atoms with Gasteiger partial charge in [-0.05, 0) is 12.0 Å². The summed E-state index contributed by atoms with van der Waals surface area (Å²) in [5.41, 5.74) is 0.782. The van der Waals surface area contributed by atoms with Crippen molar-refractivity contribution in [1.29, 1.82) is 0 Å². The van der Waals surface area contributed by atoms with Crippen LogP contribution in [0.4, 0.5) is 0 Å². The fourth-order valence-corrected chi connectivity index (χ4v) is 1.01. The van der Waals surface area contributed by atoms with Crippen LogP contribution in [0.25, 0.3) is 0 Å². The molecule has 2 nitrogen and oxygen atoms in total. The minimum absolute atomic E-state index is 0.00231. The molecule has 1 aromatic rings. The van der Waals surface area contributed by atoms with Crippen molar-refractivity contribution in [3.63, 3.8) is 0 Å². The van der Waals surface area contributed by atoms with Gasteiger partial charge in [-0.25, -0.2) is 0 Å². The Morgan fingerprint density at radius 1 is 1.18 bits per heavy atom. The van der Waals surface area contributed by atoms with Crippen LogP contribution in [0.1, 0.15) is 25.3 Å². The van der Waals surface area contributed by atoms with E-state index in [1.807, 2.05) is 13.8 Å². The molecule has 0 fully saturated rings. The normalized spacial score (nSPS) is 10.5. The van der Waals surface area contributed by atoms with Crippen molar-refractivity contribution in [1.82, 2.24) is 0 Å². The summed E-state index contributed by atoms with van der Waals surface area (Å²) in [6.45, 7) is 3.93. The predicted octanol–water partition coefficient (Wildman–Crippen LogP) is 2.22. The second-order valence-electron chi connectivity index (χ2n) is 2.87. The van der Waals surface area contributed by atoms with Gasteiger partial charge < -0.3 is 10.2 Å². The average molecular weight is 152 g/mol. The van der Waals surface area contributed by atoms with Gasteiger partial charge in [0.15, 0.2) is 11.5 Å². The highest BCUT2D eigenvalue weighted by Crippen LogP contribution is 2.32. The van der Waals surface area contributed by atoms with Crippen LogP contribution < -0.4 is 0 Å². The average Bonchev–Trinajstić information content (AvgIpc) is 1.94. The zero-order chi connectivity index (χ0) is 8.43. The predicted molar refractivity (Wildman–Crippen MR) is 43.9 cm³/mol. The molecule has 1 aromatic carbocycles. The summed E-state index contributed by atoms with van der Waals surface area (Å²) in [5.74, 6) is 0.195. The molecular weight excluding hydrogens is 140 g/mol. The molecule has 0 atom stereocenters. The SMILES string of the molecule is CC(C)c1cccc(O)c1O. The van der Waals surface area contributed by atoms with E-state index >= 15 is 0 Å². The van der Waals surface area contributed by atoms with Gasteiger partial charge in [0.05, 0.1) is 0 Å². The number of para-hydroxylation sites is 1. The number of phenols is 2. The van der Waals surface area contributed by atoms with E-state index in [0.29, 0.717) is 0 Å². The molecule has 1 rings (SSSR count). The topological polar surface area (TPSA) is 40.5 Å². The van der Waals surface area contributed by atoms with Crippen molar-refractivity contribution < 1.29 is 10.2 Å². The fourth-order valence-electron chi connectivity index (χ4n) is 1.01. The molecule has 11 heavy (non-hydrogen) atoms.